The highest BCUT2D eigenvalue weighted by Crippen LogP contribution is 1.97. The van der Waals surface area contributed by atoms with E-state index >= 15 is 0 Å². The monoisotopic (exact) mass is 388 g/mol. The summed E-state index contributed by atoms with van der Waals surface area (Å²) in [6, 6.07) is -5.17. The van der Waals surface area contributed by atoms with Gasteiger partial charge in [0.05, 0.1) is 18.9 Å². The molecule has 10 N–H and O–H groups in total. The molecule has 4 atom stereocenters. The van der Waals surface area contributed by atoms with Crippen LogP contribution in [0.15, 0.2) is 0 Å². The van der Waals surface area contributed by atoms with E-state index in [0.29, 0.717) is 0 Å². The number of carboxylic acid groups (broad SMARTS) is 1. The van der Waals surface area contributed by atoms with Gasteiger partial charge in [0.15, 0.2) is 0 Å². The van der Waals surface area contributed by atoms with Crippen LogP contribution in [0.5, 0.6) is 0 Å². The summed E-state index contributed by atoms with van der Waals surface area (Å²) in [4.78, 5) is 68.6. The second kappa shape index (κ2) is 10.7. The number of aliphatic carboxylic acids is 1. The molecule has 0 aromatic rings. The Morgan fingerprint density at radius 1 is 0.778 bits per heavy atom. The van der Waals surface area contributed by atoms with E-state index in [1.807, 2.05) is 0 Å². The fourth-order valence-corrected chi connectivity index (χ4v) is 1.78. The largest absolute Gasteiger partial charge is 0.480 e. The van der Waals surface area contributed by atoms with Gasteiger partial charge in [-0.05, 0) is 13.8 Å². The SMILES string of the molecule is CC(NC(=O)C(CC(N)=O)NC(=O)C(C)NC(=O)C(N)CC(N)=O)C(=O)O. The number of nitrogens with one attached hydrogen (secondary N) is 3. The first-order chi connectivity index (χ1) is 12.3. The highest BCUT2D eigenvalue weighted by molar-refractivity contribution is 5.96. The van der Waals surface area contributed by atoms with Crippen molar-refractivity contribution in [3.05, 3.63) is 0 Å². The number of rotatable bonds is 11. The van der Waals surface area contributed by atoms with E-state index in [4.69, 9.17) is 22.3 Å². The Kier molecular flexibility index (Phi) is 9.42. The van der Waals surface area contributed by atoms with Gasteiger partial charge in [-0.25, -0.2) is 0 Å². The Morgan fingerprint density at radius 2 is 1.26 bits per heavy atom. The van der Waals surface area contributed by atoms with Gasteiger partial charge in [0.1, 0.15) is 18.1 Å². The predicted octanol–water partition coefficient (Wildman–Crippen LogP) is -4.36. The smallest absolute Gasteiger partial charge is 0.325 e. The van der Waals surface area contributed by atoms with Crippen molar-refractivity contribution in [3.8, 4) is 0 Å². The zero-order chi connectivity index (χ0) is 21.3. The van der Waals surface area contributed by atoms with E-state index in [0.717, 1.165) is 0 Å². The molecule has 152 valence electrons. The van der Waals surface area contributed by atoms with Crippen molar-refractivity contribution in [3.63, 3.8) is 0 Å². The predicted molar refractivity (Wildman–Crippen MR) is 90.4 cm³/mol. The molecule has 5 amide bonds. The van der Waals surface area contributed by atoms with Crippen LogP contribution in [0.3, 0.4) is 0 Å². The number of carbonyl (C=O) groups is 6. The minimum atomic E-state index is -1.45. The summed E-state index contributed by atoms with van der Waals surface area (Å²) < 4.78 is 0. The maximum atomic E-state index is 12.1. The highest BCUT2D eigenvalue weighted by Gasteiger charge is 2.28. The minimum Gasteiger partial charge on any atom is -0.480 e. The van der Waals surface area contributed by atoms with Crippen molar-refractivity contribution in [1.29, 1.82) is 0 Å². The first-order valence-electron chi connectivity index (χ1n) is 7.81. The van der Waals surface area contributed by atoms with Gasteiger partial charge >= 0.3 is 5.97 Å². The summed E-state index contributed by atoms with van der Waals surface area (Å²) in [5.74, 6) is -5.68. The van der Waals surface area contributed by atoms with E-state index in [1.165, 1.54) is 13.8 Å². The lowest BCUT2D eigenvalue weighted by Gasteiger charge is -2.22. The van der Waals surface area contributed by atoms with Crippen LogP contribution in [0.1, 0.15) is 26.7 Å². The molecule has 0 fully saturated rings. The third-order valence-electron chi connectivity index (χ3n) is 3.28. The van der Waals surface area contributed by atoms with Gasteiger partial charge in [0.25, 0.3) is 0 Å². The number of primary amides is 2. The van der Waals surface area contributed by atoms with Crippen molar-refractivity contribution >= 4 is 35.5 Å². The summed E-state index contributed by atoms with van der Waals surface area (Å²) in [5, 5.41) is 15.3. The van der Waals surface area contributed by atoms with E-state index in [-0.39, 0.29) is 0 Å². The van der Waals surface area contributed by atoms with Gasteiger partial charge in [0, 0.05) is 0 Å². The Labute approximate surface area is 154 Å². The molecule has 13 nitrogen and oxygen atoms in total. The van der Waals surface area contributed by atoms with Crippen LogP contribution in [0.25, 0.3) is 0 Å². The van der Waals surface area contributed by atoms with Gasteiger partial charge in [0.2, 0.25) is 29.5 Å². The molecule has 0 aromatic carbocycles. The molecular weight excluding hydrogens is 364 g/mol. The summed E-state index contributed by atoms with van der Waals surface area (Å²) in [7, 11) is 0. The number of carboxylic acids is 1. The first kappa shape index (κ1) is 23.8. The molecule has 4 unspecified atom stereocenters. The lowest BCUT2D eigenvalue weighted by Crippen LogP contribution is -2.56. The number of nitrogens with two attached hydrogens (primary N) is 3. The number of amides is 5. The molecule has 0 aliphatic rings. The average Bonchev–Trinajstić information content (AvgIpc) is 2.52. The van der Waals surface area contributed by atoms with Crippen LogP contribution in [-0.4, -0.2) is 64.8 Å². The van der Waals surface area contributed by atoms with E-state index in [2.05, 4.69) is 16.0 Å². The average molecular weight is 388 g/mol. The molecule has 0 radical (unpaired) electrons. The molecule has 0 spiro atoms. The van der Waals surface area contributed by atoms with Crippen LogP contribution in [0.2, 0.25) is 0 Å². The Balaban J connectivity index is 4.94. The van der Waals surface area contributed by atoms with Gasteiger partial charge in [-0.3, -0.25) is 28.8 Å². The van der Waals surface area contributed by atoms with E-state index in [9.17, 15) is 28.8 Å². The van der Waals surface area contributed by atoms with Crippen LogP contribution >= 0.6 is 0 Å². The normalized spacial score (nSPS) is 14.8. The third kappa shape index (κ3) is 9.15. The molecule has 0 aliphatic carbocycles. The molecule has 0 heterocycles. The molecule has 0 aliphatic heterocycles. The standard InChI is InChI=1S/C14H24N6O7/c1-5(18-12(24)7(15)3-9(16)21)11(23)20-8(4-10(17)22)13(25)19-6(2)14(26)27/h5-8H,3-4,15H2,1-2H3,(H2,16,21)(H2,17,22)(H,18,24)(H,19,25)(H,20,23)(H,26,27). The number of hydrogen-bond acceptors (Lipinski definition) is 7. The topological polar surface area (TPSA) is 237 Å². The molecule has 13 heteroatoms. The van der Waals surface area contributed by atoms with Gasteiger partial charge < -0.3 is 38.3 Å². The zero-order valence-corrected chi connectivity index (χ0v) is 14.9. The minimum absolute atomic E-state index is 0.431. The van der Waals surface area contributed by atoms with Crippen LogP contribution in [-0.2, 0) is 28.8 Å². The molecule has 0 saturated heterocycles. The van der Waals surface area contributed by atoms with Crippen molar-refractivity contribution in [2.45, 2.75) is 50.9 Å². The van der Waals surface area contributed by atoms with Crippen molar-refractivity contribution in [1.82, 2.24) is 16.0 Å². The quantitative estimate of drug-likeness (QED) is 0.182. The fraction of sp³-hybridized carbons (Fsp3) is 0.571. The van der Waals surface area contributed by atoms with Gasteiger partial charge in [-0.15, -0.1) is 0 Å². The van der Waals surface area contributed by atoms with Gasteiger partial charge in [-0.2, -0.15) is 0 Å². The highest BCUT2D eigenvalue weighted by atomic mass is 16.4. The summed E-state index contributed by atoms with van der Waals surface area (Å²) in [5.41, 5.74) is 15.4. The number of carbonyl (C=O) groups excluding carboxylic acids is 5. The Morgan fingerprint density at radius 3 is 1.70 bits per heavy atom. The molecule has 0 aromatic heterocycles. The maximum Gasteiger partial charge on any atom is 0.325 e. The Bertz CT molecular complexity index is 623. The van der Waals surface area contributed by atoms with Crippen molar-refractivity contribution in [2.24, 2.45) is 17.2 Å². The lowest BCUT2D eigenvalue weighted by molar-refractivity contribution is -0.142. The van der Waals surface area contributed by atoms with Crippen LogP contribution in [0, 0.1) is 0 Å². The lowest BCUT2D eigenvalue weighted by atomic mass is 10.1. The summed E-state index contributed by atoms with van der Waals surface area (Å²) >= 11 is 0. The van der Waals surface area contributed by atoms with E-state index < -0.39 is 72.5 Å². The van der Waals surface area contributed by atoms with E-state index in [1.54, 1.807) is 0 Å². The molecule has 0 saturated carbocycles. The van der Waals surface area contributed by atoms with Crippen molar-refractivity contribution < 1.29 is 33.9 Å². The molecule has 27 heavy (non-hydrogen) atoms. The maximum absolute atomic E-state index is 12.1. The molecular formula is C14H24N6O7. The first-order valence-corrected chi connectivity index (χ1v) is 7.81. The zero-order valence-electron chi connectivity index (χ0n) is 14.9. The summed E-state index contributed by atoms with van der Waals surface area (Å²) in [6.07, 6.45) is -1.02. The summed E-state index contributed by atoms with van der Waals surface area (Å²) in [6.45, 7) is 2.45. The van der Waals surface area contributed by atoms with Gasteiger partial charge in [-0.1, -0.05) is 0 Å². The van der Waals surface area contributed by atoms with Crippen LogP contribution in [0.4, 0.5) is 0 Å². The van der Waals surface area contributed by atoms with Crippen LogP contribution < -0.4 is 33.2 Å². The molecule has 0 bridgehead atoms. The number of hydrogen-bond donors (Lipinski definition) is 7. The second-order valence-corrected chi connectivity index (χ2v) is 5.81. The third-order valence-corrected chi connectivity index (χ3v) is 3.28. The Hall–Kier alpha value is -3.22. The fourth-order valence-electron chi connectivity index (χ4n) is 1.78. The van der Waals surface area contributed by atoms with Crippen molar-refractivity contribution in [2.75, 3.05) is 0 Å². The second-order valence-electron chi connectivity index (χ2n) is 5.81. The molecule has 0 rings (SSSR count).